The van der Waals surface area contributed by atoms with E-state index < -0.39 is 0 Å². The van der Waals surface area contributed by atoms with E-state index in [0.717, 1.165) is 24.4 Å². The zero-order chi connectivity index (χ0) is 17.3. The van der Waals surface area contributed by atoms with Gasteiger partial charge >= 0.3 is 0 Å². The van der Waals surface area contributed by atoms with Gasteiger partial charge in [0.15, 0.2) is 0 Å². The van der Waals surface area contributed by atoms with Gasteiger partial charge in [0.25, 0.3) is 5.91 Å². The lowest BCUT2D eigenvalue weighted by molar-refractivity contribution is 0.0647. The van der Waals surface area contributed by atoms with Crippen LogP contribution < -0.4 is 0 Å². The number of carbonyl (C=O) groups is 1. The van der Waals surface area contributed by atoms with Gasteiger partial charge in [-0.25, -0.2) is 0 Å². The van der Waals surface area contributed by atoms with Crippen LogP contribution in [0.3, 0.4) is 0 Å². The van der Waals surface area contributed by atoms with Crippen molar-refractivity contribution in [1.82, 2.24) is 29.4 Å². The van der Waals surface area contributed by atoms with Crippen LogP contribution in [0.5, 0.6) is 0 Å². The zero-order valence-electron chi connectivity index (χ0n) is 14.9. The number of carbonyl (C=O) groups excluding carboxylic acids is 1. The summed E-state index contributed by atoms with van der Waals surface area (Å²) in [6, 6.07) is 4.10. The van der Waals surface area contributed by atoms with Crippen LogP contribution in [0, 0.1) is 6.92 Å². The number of nitrogens with zero attached hydrogens (tertiary/aromatic N) is 6. The van der Waals surface area contributed by atoms with Crippen LogP contribution >= 0.6 is 0 Å². The molecule has 0 N–H and O–H groups in total. The highest BCUT2D eigenvalue weighted by Gasteiger charge is 2.30. The fourth-order valence-corrected chi connectivity index (χ4v) is 3.28. The van der Waals surface area contributed by atoms with E-state index in [-0.39, 0.29) is 11.9 Å². The molecule has 0 unspecified atom stereocenters. The van der Waals surface area contributed by atoms with Crippen molar-refractivity contribution < 1.29 is 4.79 Å². The van der Waals surface area contributed by atoms with Gasteiger partial charge in [-0.3, -0.25) is 14.2 Å². The molecule has 1 amide bonds. The molecule has 0 bridgehead atoms. The monoisotopic (exact) mass is 330 g/mol. The number of aromatic nitrogens is 4. The molecular weight excluding hydrogens is 304 g/mol. The normalized spacial score (nSPS) is 17.4. The van der Waals surface area contributed by atoms with Crippen LogP contribution in [0.1, 0.15) is 41.3 Å². The minimum atomic E-state index is 0.0553. The summed E-state index contributed by atoms with van der Waals surface area (Å²) in [5.41, 5.74) is 2.65. The van der Waals surface area contributed by atoms with Crippen molar-refractivity contribution in [3.8, 4) is 0 Å². The Labute approximate surface area is 142 Å². The van der Waals surface area contributed by atoms with Gasteiger partial charge < -0.3 is 9.80 Å². The lowest BCUT2D eigenvalue weighted by Gasteiger charge is -2.34. The van der Waals surface area contributed by atoms with Gasteiger partial charge in [0.05, 0.1) is 24.0 Å². The molecule has 7 heteroatoms. The maximum absolute atomic E-state index is 13.0. The maximum atomic E-state index is 13.0. The molecule has 1 atom stereocenters. The predicted octanol–water partition coefficient (Wildman–Crippen LogP) is 1.56. The number of rotatable bonds is 5. The highest BCUT2D eigenvalue weighted by molar-refractivity contribution is 5.92. The molecule has 1 aliphatic rings. The average Bonchev–Trinajstić information content (AvgIpc) is 3.17. The second-order valence-corrected chi connectivity index (χ2v) is 6.69. The van der Waals surface area contributed by atoms with Crippen LogP contribution in [-0.2, 0) is 13.1 Å². The molecule has 24 heavy (non-hydrogen) atoms. The molecule has 0 saturated carbocycles. The summed E-state index contributed by atoms with van der Waals surface area (Å²) < 4.78 is 3.87. The van der Waals surface area contributed by atoms with Gasteiger partial charge in [0, 0.05) is 19.3 Å². The Balaban J connectivity index is 1.83. The predicted molar refractivity (Wildman–Crippen MR) is 91.8 cm³/mol. The maximum Gasteiger partial charge on any atom is 0.272 e. The standard InChI is InChI=1S/C17H26N6O/c1-5-22-16(10-13(2)19-22)17(24)21-11-14-6-8-18-23(14)15(12-21)7-9-20(3)4/h6,8,10,15H,5,7,9,11-12H2,1-4H3/t15-/m0/s1. The molecule has 0 spiro atoms. The van der Waals surface area contributed by atoms with E-state index in [2.05, 4.69) is 33.9 Å². The summed E-state index contributed by atoms with van der Waals surface area (Å²) in [6.45, 7) is 6.89. The van der Waals surface area contributed by atoms with E-state index >= 15 is 0 Å². The molecule has 130 valence electrons. The molecular formula is C17H26N6O. The van der Waals surface area contributed by atoms with Crippen LogP contribution in [-0.4, -0.2) is 62.5 Å². The lowest BCUT2D eigenvalue weighted by atomic mass is 10.1. The first-order valence-electron chi connectivity index (χ1n) is 8.50. The van der Waals surface area contributed by atoms with E-state index in [1.165, 1.54) is 0 Å². The van der Waals surface area contributed by atoms with Crippen LogP contribution in [0.2, 0.25) is 0 Å². The zero-order valence-corrected chi connectivity index (χ0v) is 14.9. The van der Waals surface area contributed by atoms with Crippen molar-refractivity contribution in [3.05, 3.63) is 35.4 Å². The first-order valence-corrected chi connectivity index (χ1v) is 8.50. The molecule has 3 rings (SSSR count). The fourth-order valence-electron chi connectivity index (χ4n) is 3.28. The van der Waals surface area contributed by atoms with Crippen molar-refractivity contribution in [2.24, 2.45) is 0 Å². The third kappa shape index (κ3) is 3.21. The Bertz CT molecular complexity index is 716. The summed E-state index contributed by atoms with van der Waals surface area (Å²) >= 11 is 0. The third-order valence-electron chi connectivity index (χ3n) is 4.50. The molecule has 0 fully saturated rings. The Hall–Kier alpha value is -2.15. The highest BCUT2D eigenvalue weighted by Crippen LogP contribution is 2.24. The number of fused-ring (bicyclic) bond motifs is 1. The van der Waals surface area contributed by atoms with Gasteiger partial charge in [0.1, 0.15) is 5.69 Å². The first kappa shape index (κ1) is 16.7. The van der Waals surface area contributed by atoms with Crippen molar-refractivity contribution >= 4 is 5.91 Å². The van der Waals surface area contributed by atoms with Crippen molar-refractivity contribution in [1.29, 1.82) is 0 Å². The first-order chi connectivity index (χ1) is 11.5. The van der Waals surface area contributed by atoms with Crippen molar-refractivity contribution in [2.75, 3.05) is 27.2 Å². The van der Waals surface area contributed by atoms with E-state index in [9.17, 15) is 4.79 Å². The Kier molecular flexibility index (Phi) is 4.71. The molecule has 3 heterocycles. The number of aryl methyl sites for hydroxylation is 2. The Morgan fingerprint density at radius 2 is 2.21 bits per heavy atom. The summed E-state index contributed by atoms with van der Waals surface area (Å²) in [6.07, 6.45) is 2.80. The molecule has 2 aromatic rings. The van der Waals surface area contributed by atoms with Crippen molar-refractivity contribution in [2.45, 2.75) is 39.4 Å². The molecule has 0 radical (unpaired) electrons. The lowest BCUT2D eigenvalue weighted by Crippen LogP contribution is -2.42. The van der Waals surface area contributed by atoms with E-state index in [1.807, 2.05) is 37.1 Å². The molecule has 0 aromatic carbocycles. The van der Waals surface area contributed by atoms with E-state index in [1.54, 1.807) is 4.68 Å². The van der Waals surface area contributed by atoms with Gasteiger partial charge in [-0.05, 0) is 53.0 Å². The van der Waals surface area contributed by atoms with Crippen LogP contribution in [0.15, 0.2) is 18.3 Å². The smallest absolute Gasteiger partial charge is 0.272 e. The summed E-state index contributed by atoms with van der Waals surface area (Å²) in [4.78, 5) is 17.1. The van der Waals surface area contributed by atoms with E-state index in [0.29, 0.717) is 25.3 Å². The number of hydrogen-bond donors (Lipinski definition) is 0. The minimum absolute atomic E-state index is 0.0553. The molecule has 0 saturated heterocycles. The van der Waals surface area contributed by atoms with Crippen LogP contribution in [0.4, 0.5) is 0 Å². The largest absolute Gasteiger partial charge is 0.329 e. The second kappa shape index (κ2) is 6.76. The Morgan fingerprint density at radius 3 is 2.92 bits per heavy atom. The molecule has 1 aliphatic heterocycles. The topological polar surface area (TPSA) is 59.2 Å². The molecule has 7 nitrogen and oxygen atoms in total. The highest BCUT2D eigenvalue weighted by atomic mass is 16.2. The SMILES string of the molecule is CCn1nc(C)cc1C(=O)N1Cc2ccnn2[C@@H](CCN(C)C)C1. The minimum Gasteiger partial charge on any atom is -0.329 e. The molecule has 0 aliphatic carbocycles. The third-order valence-corrected chi connectivity index (χ3v) is 4.50. The van der Waals surface area contributed by atoms with Crippen LogP contribution in [0.25, 0.3) is 0 Å². The van der Waals surface area contributed by atoms with Gasteiger partial charge in [-0.15, -0.1) is 0 Å². The van der Waals surface area contributed by atoms with Crippen molar-refractivity contribution in [3.63, 3.8) is 0 Å². The average molecular weight is 330 g/mol. The fraction of sp³-hybridized carbons (Fsp3) is 0.588. The summed E-state index contributed by atoms with van der Waals surface area (Å²) in [5.74, 6) is 0.0553. The van der Waals surface area contributed by atoms with E-state index in [4.69, 9.17) is 0 Å². The molecule has 2 aromatic heterocycles. The quantitative estimate of drug-likeness (QED) is 0.835. The summed E-state index contributed by atoms with van der Waals surface area (Å²) in [7, 11) is 4.14. The number of hydrogen-bond acceptors (Lipinski definition) is 4. The number of amides is 1. The van der Waals surface area contributed by atoms with Gasteiger partial charge in [-0.1, -0.05) is 0 Å². The Morgan fingerprint density at radius 1 is 1.42 bits per heavy atom. The second-order valence-electron chi connectivity index (χ2n) is 6.69. The summed E-state index contributed by atoms with van der Waals surface area (Å²) in [5, 5.41) is 8.87. The van der Waals surface area contributed by atoms with Gasteiger partial charge in [-0.2, -0.15) is 10.2 Å². The van der Waals surface area contributed by atoms with Gasteiger partial charge in [0.2, 0.25) is 0 Å².